The van der Waals surface area contributed by atoms with Gasteiger partial charge in [-0.1, -0.05) is 18.5 Å². The van der Waals surface area contributed by atoms with Crippen LogP contribution in [0.5, 0.6) is 0 Å². The molecule has 1 atom stereocenters. The first-order chi connectivity index (χ1) is 8.54. The molecule has 0 fully saturated rings. The molecule has 98 valence electrons. The molecule has 6 nitrogen and oxygen atoms in total. The van der Waals surface area contributed by atoms with E-state index in [1.54, 1.807) is 4.68 Å². The van der Waals surface area contributed by atoms with Crippen LogP contribution in [0.25, 0.3) is 11.5 Å². The zero-order valence-corrected chi connectivity index (χ0v) is 11.3. The SMILES string of the molecule is CCCC(N)c1noc(-c2c(C)nn(C)c2C)n1. The van der Waals surface area contributed by atoms with Crippen molar-refractivity contribution in [1.29, 1.82) is 0 Å². The summed E-state index contributed by atoms with van der Waals surface area (Å²) in [7, 11) is 1.89. The maximum Gasteiger partial charge on any atom is 0.261 e. The minimum Gasteiger partial charge on any atom is -0.334 e. The van der Waals surface area contributed by atoms with Crippen LogP contribution in [0.15, 0.2) is 4.52 Å². The quantitative estimate of drug-likeness (QED) is 0.894. The fourth-order valence-electron chi connectivity index (χ4n) is 2.01. The number of nitrogens with two attached hydrogens (primary N) is 1. The highest BCUT2D eigenvalue weighted by Gasteiger charge is 2.20. The standard InChI is InChI=1S/C12H19N5O/c1-5-6-9(13)11-14-12(18-16-11)10-7(2)15-17(4)8(10)3/h9H,5-6,13H2,1-4H3. The number of aryl methyl sites for hydroxylation is 2. The first-order valence-electron chi connectivity index (χ1n) is 6.14. The summed E-state index contributed by atoms with van der Waals surface area (Å²) in [5, 5.41) is 8.29. The van der Waals surface area contributed by atoms with Gasteiger partial charge in [0, 0.05) is 12.7 Å². The van der Waals surface area contributed by atoms with Crippen LogP contribution >= 0.6 is 0 Å². The van der Waals surface area contributed by atoms with E-state index in [1.807, 2.05) is 20.9 Å². The number of aromatic nitrogens is 4. The van der Waals surface area contributed by atoms with Crippen LogP contribution in [0.3, 0.4) is 0 Å². The van der Waals surface area contributed by atoms with Crippen molar-refractivity contribution in [3.05, 3.63) is 17.2 Å². The molecule has 0 aliphatic heterocycles. The molecule has 0 bridgehead atoms. The summed E-state index contributed by atoms with van der Waals surface area (Å²) in [5.41, 5.74) is 8.76. The third-order valence-electron chi connectivity index (χ3n) is 3.10. The highest BCUT2D eigenvalue weighted by molar-refractivity contribution is 5.59. The lowest BCUT2D eigenvalue weighted by Crippen LogP contribution is -2.11. The Morgan fingerprint density at radius 2 is 2.11 bits per heavy atom. The van der Waals surface area contributed by atoms with E-state index in [2.05, 4.69) is 22.2 Å². The summed E-state index contributed by atoms with van der Waals surface area (Å²) in [5.74, 6) is 1.06. The van der Waals surface area contributed by atoms with Crippen LogP contribution in [0.1, 0.15) is 43.0 Å². The predicted molar refractivity (Wildman–Crippen MR) is 67.8 cm³/mol. The molecule has 2 aromatic rings. The third-order valence-corrected chi connectivity index (χ3v) is 3.10. The van der Waals surface area contributed by atoms with Crippen molar-refractivity contribution in [3.63, 3.8) is 0 Å². The summed E-state index contributed by atoms with van der Waals surface area (Å²) in [4.78, 5) is 4.38. The molecule has 1 unspecified atom stereocenters. The number of hydrogen-bond acceptors (Lipinski definition) is 5. The highest BCUT2D eigenvalue weighted by Crippen LogP contribution is 2.26. The van der Waals surface area contributed by atoms with Crippen LogP contribution in [-0.4, -0.2) is 19.9 Å². The number of hydrogen-bond donors (Lipinski definition) is 1. The van der Waals surface area contributed by atoms with Gasteiger partial charge in [-0.2, -0.15) is 10.1 Å². The van der Waals surface area contributed by atoms with Gasteiger partial charge in [0.25, 0.3) is 5.89 Å². The average molecular weight is 249 g/mol. The van der Waals surface area contributed by atoms with Crippen LogP contribution < -0.4 is 5.73 Å². The van der Waals surface area contributed by atoms with E-state index in [-0.39, 0.29) is 6.04 Å². The Labute approximate surface area is 106 Å². The molecular formula is C12H19N5O. The van der Waals surface area contributed by atoms with Crippen molar-refractivity contribution in [3.8, 4) is 11.5 Å². The second kappa shape index (κ2) is 4.89. The van der Waals surface area contributed by atoms with Crippen LogP contribution in [0, 0.1) is 13.8 Å². The monoisotopic (exact) mass is 249 g/mol. The van der Waals surface area contributed by atoms with E-state index >= 15 is 0 Å². The Hall–Kier alpha value is -1.69. The van der Waals surface area contributed by atoms with Gasteiger partial charge in [-0.05, 0) is 20.3 Å². The summed E-state index contributed by atoms with van der Waals surface area (Å²) >= 11 is 0. The van der Waals surface area contributed by atoms with Gasteiger partial charge in [0.15, 0.2) is 5.82 Å². The molecule has 2 rings (SSSR count). The van der Waals surface area contributed by atoms with Crippen molar-refractivity contribution in [1.82, 2.24) is 19.9 Å². The Bertz CT molecular complexity index is 543. The lowest BCUT2D eigenvalue weighted by atomic mass is 10.1. The topological polar surface area (TPSA) is 82.8 Å². The van der Waals surface area contributed by atoms with Crippen molar-refractivity contribution >= 4 is 0 Å². The summed E-state index contributed by atoms with van der Waals surface area (Å²) in [6.45, 7) is 5.99. The third kappa shape index (κ3) is 2.15. The summed E-state index contributed by atoms with van der Waals surface area (Å²) in [6.07, 6.45) is 1.85. The van der Waals surface area contributed by atoms with Crippen molar-refractivity contribution in [2.75, 3.05) is 0 Å². The molecule has 0 aromatic carbocycles. The van der Waals surface area contributed by atoms with Crippen molar-refractivity contribution in [2.45, 2.75) is 39.7 Å². The van der Waals surface area contributed by atoms with E-state index in [1.165, 1.54) is 0 Å². The van der Waals surface area contributed by atoms with Gasteiger partial charge >= 0.3 is 0 Å². The smallest absolute Gasteiger partial charge is 0.261 e. The fourth-order valence-corrected chi connectivity index (χ4v) is 2.01. The molecule has 0 aliphatic rings. The van der Waals surface area contributed by atoms with Gasteiger partial charge in [0.05, 0.1) is 17.3 Å². The van der Waals surface area contributed by atoms with Crippen molar-refractivity contribution in [2.24, 2.45) is 12.8 Å². The van der Waals surface area contributed by atoms with E-state index in [0.29, 0.717) is 11.7 Å². The second-order valence-corrected chi connectivity index (χ2v) is 4.52. The lowest BCUT2D eigenvalue weighted by molar-refractivity contribution is 0.413. The van der Waals surface area contributed by atoms with Crippen LogP contribution in [0.4, 0.5) is 0 Å². The Balaban J connectivity index is 2.35. The van der Waals surface area contributed by atoms with Gasteiger partial charge in [0.1, 0.15) is 0 Å². The molecule has 6 heteroatoms. The first kappa shape index (κ1) is 12.8. The van der Waals surface area contributed by atoms with E-state index in [4.69, 9.17) is 10.3 Å². The molecule has 0 saturated heterocycles. The van der Waals surface area contributed by atoms with Gasteiger partial charge in [-0.25, -0.2) is 0 Å². The molecule has 0 aliphatic carbocycles. The first-order valence-corrected chi connectivity index (χ1v) is 6.14. The maximum atomic E-state index is 5.97. The molecular weight excluding hydrogens is 230 g/mol. The number of nitrogens with zero attached hydrogens (tertiary/aromatic N) is 4. The molecule has 0 saturated carbocycles. The fraction of sp³-hybridized carbons (Fsp3) is 0.583. The predicted octanol–water partition coefficient (Wildman–Crippen LogP) is 1.89. The molecule has 0 radical (unpaired) electrons. The minimum atomic E-state index is -0.162. The molecule has 18 heavy (non-hydrogen) atoms. The van der Waals surface area contributed by atoms with Crippen molar-refractivity contribution < 1.29 is 4.52 Å². The molecule has 2 heterocycles. The van der Waals surface area contributed by atoms with E-state index < -0.39 is 0 Å². The number of rotatable bonds is 4. The van der Waals surface area contributed by atoms with Gasteiger partial charge in [0.2, 0.25) is 0 Å². The van der Waals surface area contributed by atoms with Crippen LogP contribution in [0.2, 0.25) is 0 Å². The largest absolute Gasteiger partial charge is 0.334 e. The van der Waals surface area contributed by atoms with Gasteiger partial charge in [-0.15, -0.1) is 0 Å². The zero-order valence-electron chi connectivity index (χ0n) is 11.3. The summed E-state index contributed by atoms with van der Waals surface area (Å²) < 4.78 is 7.10. The van der Waals surface area contributed by atoms with E-state index in [9.17, 15) is 0 Å². The Morgan fingerprint density at radius 3 is 2.67 bits per heavy atom. The Kier molecular flexibility index (Phi) is 3.47. The van der Waals surface area contributed by atoms with Gasteiger partial charge in [-0.3, -0.25) is 4.68 Å². The van der Waals surface area contributed by atoms with Crippen LogP contribution in [-0.2, 0) is 7.05 Å². The molecule has 2 aromatic heterocycles. The van der Waals surface area contributed by atoms with Gasteiger partial charge < -0.3 is 10.3 Å². The normalized spacial score (nSPS) is 12.9. The highest BCUT2D eigenvalue weighted by atomic mass is 16.5. The minimum absolute atomic E-state index is 0.162. The summed E-state index contributed by atoms with van der Waals surface area (Å²) in [6, 6.07) is -0.162. The zero-order chi connectivity index (χ0) is 13.3. The van der Waals surface area contributed by atoms with E-state index in [0.717, 1.165) is 29.8 Å². The lowest BCUT2D eigenvalue weighted by Gasteiger charge is -2.02. The maximum absolute atomic E-state index is 5.97. The average Bonchev–Trinajstić information content (AvgIpc) is 2.86. The molecule has 2 N–H and O–H groups in total. The molecule has 0 amide bonds. The second-order valence-electron chi connectivity index (χ2n) is 4.52. The Morgan fingerprint density at radius 1 is 1.39 bits per heavy atom. The molecule has 0 spiro atoms.